The third-order valence-electron chi connectivity index (χ3n) is 2.10. The number of halogens is 2. The number of nitrogens with zero attached hydrogens (tertiary/aromatic N) is 1. The quantitative estimate of drug-likeness (QED) is 0.823. The first kappa shape index (κ1) is 9.80. The van der Waals surface area contributed by atoms with E-state index >= 15 is 0 Å². The van der Waals surface area contributed by atoms with Gasteiger partial charge in [-0.25, -0.2) is 0 Å². The molecule has 0 saturated heterocycles. The van der Waals surface area contributed by atoms with Crippen molar-refractivity contribution in [2.45, 2.75) is 6.04 Å². The van der Waals surface area contributed by atoms with E-state index in [1.165, 1.54) is 0 Å². The van der Waals surface area contributed by atoms with E-state index in [0.717, 1.165) is 10.0 Å². The summed E-state index contributed by atoms with van der Waals surface area (Å²) >= 11 is 9.31. The van der Waals surface area contributed by atoms with Crippen molar-refractivity contribution in [3.63, 3.8) is 0 Å². The number of aliphatic imine (C=N–C) groups is 1. The van der Waals surface area contributed by atoms with Crippen LogP contribution in [0.25, 0.3) is 0 Å². The molecular weight excluding hydrogens is 265 g/mol. The minimum absolute atomic E-state index is 0.154. The van der Waals surface area contributed by atoms with Crippen molar-refractivity contribution < 1.29 is 0 Å². The Morgan fingerprint density at radius 2 is 2.36 bits per heavy atom. The average molecular weight is 275 g/mol. The van der Waals surface area contributed by atoms with Crippen LogP contribution in [0.1, 0.15) is 11.6 Å². The van der Waals surface area contributed by atoms with Gasteiger partial charge in [0.25, 0.3) is 0 Å². The smallest absolute Gasteiger partial charge is 0.189 e. The molecule has 1 aliphatic heterocycles. The van der Waals surface area contributed by atoms with Gasteiger partial charge in [-0.1, -0.05) is 33.6 Å². The van der Waals surface area contributed by atoms with E-state index in [1.807, 2.05) is 18.2 Å². The third kappa shape index (κ3) is 1.86. The molecule has 74 valence electrons. The summed E-state index contributed by atoms with van der Waals surface area (Å²) in [6, 6.07) is 5.85. The van der Waals surface area contributed by atoms with Gasteiger partial charge < -0.3 is 11.1 Å². The van der Waals surface area contributed by atoms with Crippen LogP contribution in [0.5, 0.6) is 0 Å². The number of nitrogens with one attached hydrogen (secondary N) is 1. The van der Waals surface area contributed by atoms with Gasteiger partial charge in [-0.2, -0.15) is 0 Å². The number of rotatable bonds is 1. The van der Waals surface area contributed by atoms with Gasteiger partial charge in [0.05, 0.1) is 12.6 Å². The van der Waals surface area contributed by atoms with Crippen molar-refractivity contribution in [1.82, 2.24) is 5.32 Å². The van der Waals surface area contributed by atoms with Crippen molar-refractivity contribution in [1.29, 1.82) is 0 Å². The largest absolute Gasteiger partial charge is 0.370 e. The molecule has 1 aromatic carbocycles. The van der Waals surface area contributed by atoms with Crippen LogP contribution < -0.4 is 11.1 Å². The van der Waals surface area contributed by atoms with Crippen molar-refractivity contribution in [3.8, 4) is 0 Å². The molecule has 1 heterocycles. The van der Waals surface area contributed by atoms with Gasteiger partial charge in [0.15, 0.2) is 5.96 Å². The summed E-state index contributed by atoms with van der Waals surface area (Å²) < 4.78 is 0.979. The summed E-state index contributed by atoms with van der Waals surface area (Å²) in [4.78, 5) is 4.09. The summed E-state index contributed by atoms with van der Waals surface area (Å²) in [5, 5.41) is 3.80. The predicted octanol–water partition coefficient (Wildman–Crippen LogP) is 2.06. The van der Waals surface area contributed by atoms with Crippen molar-refractivity contribution in [2.24, 2.45) is 10.7 Å². The molecule has 0 spiro atoms. The van der Waals surface area contributed by atoms with Crippen molar-refractivity contribution in [2.75, 3.05) is 6.54 Å². The topological polar surface area (TPSA) is 50.4 Å². The van der Waals surface area contributed by atoms with Crippen LogP contribution in [-0.4, -0.2) is 12.5 Å². The first-order valence-corrected chi connectivity index (χ1v) is 5.35. The molecule has 0 fully saturated rings. The lowest BCUT2D eigenvalue weighted by molar-refractivity contribution is 0.704. The molecule has 3 N–H and O–H groups in total. The van der Waals surface area contributed by atoms with Crippen LogP contribution >= 0.6 is 27.5 Å². The molecule has 0 aromatic heterocycles. The lowest BCUT2D eigenvalue weighted by Gasteiger charge is -2.12. The van der Waals surface area contributed by atoms with Gasteiger partial charge in [0.1, 0.15) is 0 Å². The Kier molecular flexibility index (Phi) is 2.65. The Labute approximate surface area is 95.5 Å². The molecule has 3 nitrogen and oxygen atoms in total. The maximum atomic E-state index is 5.85. The number of nitrogens with two attached hydrogens (primary N) is 1. The number of hydrogen-bond acceptors (Lipinski definition) is 3. The average Bonchev–Trinajstić information content (AvgIpc) is 2.51. The molecule has 0 radical (unpaired) electrons. The van der Waals surface area contributed by atoms with E-state index in [9.17, 15) is 0 Å². The molecule has 14 heavy (non-hydrogen) atoms. The highest BCUT2D eigenvalue weighted by atomic mass is 79.9. The fraction of sp³-hybridized carbons (Fsp3) is 0.222. The Morgan fingerprint density at radius 3 is 2.93 bits per heavy atom. The molecule has 0 bridgehead atoms. The highest BCUT2D eigenvalue weighted by molar-refractivity contribution is 9.10. The Balaban J connectivity index is 2.25. The van der Waals surface area contributed by atoms with E-state index in [4.69, 9.17) is 17.3 Å². The second-order valence-electron chi connectivity index (χ2n) is 3.09. The Morgan fingerprint density at radius 1 is 1.57 bits per heavy atom. The minimum Gasteiger partial charge on any atom is -0.370 e. The third-order valence-corrected chi connectivity index (χ3v) is 3.03. The van der Waals surface area contributed by atoms with Gasteiger partial charge in [0, 0.05) is 9.50 Å². The van der Waals surface area contributed by atoms with Crippen LogP contribution in [0.4, 0.5) is 0 Å². The Bertz CT molecular complexity index is 392. The molecule has 1 unspecified atom stereocenters. The first-order chi connectivity index (χ1) is 6.66. The van der Waals surface area contributed by atoms with Crippen LogP contribution in [-0.2, 0) is 0 Å². The van der Waals surface area contributed by atoms with E-state index in [1.54, 1.807) is 0 Å². The monoisotopic (exact) mass is 273 g/mol. The molecule has 1 aliphatic rings. The van der Waals surface area contributed by atoms with Gasteiger partial charge in [-0.15, -0.1) is 0 Å². The molecule has 0 aliphatic carbocycles. The molecule has 5 heteroatoms. The standard InChI is InChI=1S/C9H9BrClN3/c10-7-3-5(11)1-2-6(7)8-4-13-9(12)14-8/h1-3,8H,4H2,(H3,12,13,14). The summed E-state index contributed by atoms with van der Waals surface area (Å²) in [6.45, 7) is 0.673. The zero-order chi connectivity index (χ0) is 10.1. The Hall–Kier alpha value is -0.740. The van der Waals surface area contributed by atoms with E-state index in [-0.39, 0.29) is 6.04 Å². The van der Waals surface area contributed by atoms with Crippen molar-refractivity contribution >= 4 is 33.5 Å². The molecule has 1 atom stereocenters. The minimum atomic E-state index is 0.154. The van der Waals surface area contributed by atoms with Crippen molar-refractivity contribution in [3.05, 3.63) is 33.3 Å². The fourth-order valence-electron chi connectivity index (χ4n) is 1.42. The van der Waals surface area contributed by atoms with Crippen LogP contribution in [0.2, 0.25) is 5.02 Å². The zero-order valence-electron chi connectivity index (χ0n) is 7.30. The summed E-state index contributed by atoms with van der Waals surface area (Å²) in [5.74, 6) is 0.497. The lowest BCUT2D eigenvalue weighted by Crippen LogP contribution is -2.29. The van der Waals surface area contributed by atoms with Crippen LogP contribution in [0.3, 0.4) is 0 Å². The van der Waals surface area contributed by atoms with E-state index in [0.29, 0.717) is 17.5 Å². The normalized spacial score (nSPS) is 20.4. The van der Waals surface area contributed by atoms with Gasteiger partial charge in [-0.3, -0.25) is 4.99 Å². The summed E-state index contributed by atoms with van der Waals surface area (Å²) in [7, 11) is 0. The fourth-order valence-corrected chi connectivity index (χ4v) is 2.38. The number of hydrogen-bond donors (Lipinski definition) is 2. The van der Waals surface area contributed by atoms with Gasteiger partial charge in [0.2, 0.25) is 0 Å². The molecule has 0 saturated carbocycles. The molecule has 2 rings (SSSR count). The van der Waals surface area contributed by atoms with E-state index < -0.39 is 0 Å². The first-order valence-electron chi connectivity index (χ1n) is 4.18. The number of benzene rings is 1. The second kappa shape index (κ2) is 3.79. The zero-order valence-corrected chi connectivity index (χ0v) is 9.64. The van der Waals surface area contributed by atoms with Gasteiger partial charge >= 0.3 is 0 Å². The summed E-state index contributed by atoms with van der Waals surface area (Å²) in [5.41, 5.74) is 6.66. The predicted molar refractivity (Wildman–Crippen MR) is 61.5 cm³/mol. The highest BCUT2D eigenvalue weighted by Crippen LogP contribution is 2.27. The highest BCUT2D eigenvalue weighted by Gasteiger charge is 2.19. The van der Waals surface area contributed by atoms with Crippen LogP contribution in [0.15, 0.2) is 27.7 Å². The molecule has 0 amide bonds. The summed E-state index contributed by atoms with van der Waals surface area (Å²) in [6.07, 6.45) is 0. The molecular formula is C9H9BrClN3. The molecule has 1 aromatic rings. The number of guanidine groups is 1. The SMILES string of the molecule is NC1=NCC(c2ccc(Cl)cc2Br)N1. The maximum absolute atomic E-state index is 5.85. The lowest BCUT2D eigenvalue weighted by atomic mass is 10.1. The maximum Gasteiger partial charge on any atom is 0.189 e. The van der Waals surface area contributed by atoms with E-state index in [2.05, 4.69) is 26.2 Å². The van der Waals surface area contributed by atoms with Crippen LogP contribution in [0, 0.1) is 0 Å². The van der Waals surface area contributed by atoms with Gasteiger partial charge in [-0.05, 0) is 17.7 Å². The second-order valence-corrected chi connectivity index (χ2v) is 4.38.